The van der Waals surface area contributed by atoms with Gasteiger partial charge in [0.15, 0.2) is 5.78 Å². The number of phenols is 1. The number of nitrogens with one attached hydrogen (secondary N) is 1. The minimum atomic E-state index is 0.153. The highest BCUT2D eigenvalue weighted by Crippen LogP contribution is 2.26. The largest absolute Gasteiger partial charge is 0.508 e. The molecule has 0 saturated carbocycles. The maximum Gasteiger partial charge on any atom is 0.177 e. The van der Waals surface area contributed by atoms with E-state index in [1.165, 1.54) is 0 Å². The van der Waals surface area contributed by atoms with Gasteiger partial charge in [0.1, 0.15) is 5.75 Å². The van der Waals surface area contributed by atoms with Crippen LogP contribution in [0.5, 0.6) is 5.75 Å². The van der Waals surface area contributed by atoms with Crippen molar-refractivity contribution in [2.75, 3.05) is 32.7 Å². The van der Waals surface area contributed by atoms with Crippen LogP contribution in [0.15, 0.2) is 6.07 Å². The molecule has 0 atom stereocenters. The lowest BCUT2D eigenvalue weighted by Crippen LogP contribution is -2.45. The number of aryl methyl sites for hydroxylation is 1. The number of aromatic hydroxyl groups is 1. The SMILES string of the molecule is Cc1cc(O)c(C)c(C)c1C(=O)CN1CCNCC1. The lowest BCUT2D eigenvalue weighted by molar-refractivity contribution is 0.0920. The molecule has 1 aromatic rings. The summed E-state index contributed by atoms with van der Waals surface area (Å²) in [4.78, 5) is 14.7. The quantitative estimate of drug-likeness (QED) is 0.809. The maximum atomic E-state index is 12.5. The third kappa shape index (κ3) is 2.96. The highest BCUT2D eigenvalue weighted by Gasteiger charge is 2.19. The van der Waals surface area contributed by atoms with Crippen molar-refractivity contribution in [1.82, 2.24) is 10.2 Å². The molecule has 2 N–H and O–H groups in total. The van der Waals surface area contributed by atoms with Crippen molar-refractivity contribution in [2.45, 2.75) is 20.8 Å². The average Bonchev–Trinajstić information content (AvgIpc) is 2.37. The lowest BCUT2D eigenvalue weighted by atomic mass is 9.94. The fourth-order valence-electron chi connectivity index (χ4n) is 2.64. The number of phenolic OH excluding ortho intramolecular Hbond substituents is 1. The molecule has 0 unspecified atom stereocenters. The molecule has 0 aromatic heterocycles. The molecule has 1 heterocycles. The molecule has 1 fully saturated rings. The summed E-state index contributed by atoms with van der Waals surface area (Å²) in [6, 6.07) is 1.69. The molecule has 4 nitrogen and oxygen atoms in total. The Balaban J connectivity index is 2.21. The van der Waals surface area contributed by atoms with Crippen LogP contribution >= 0.6 is 0 Å². The van der Waals surface area contributed by atoms with Gasteiger partial charge in [-0.25, -0.2) is 0 Å². The standard InChI is InChI=1S/C15H22N2O2/c1-10-8-13(18)11(2)12(3)15(10)14(19)9-17-6-4-16-5-7-17/h8,16,18H,4-7,9H2,1-3H3. The van der Waals surface area contributed by atoms with Gasteiger partial charge in [-0.15, -0.1) is 0 Å². The Labute approximate surface area is 114 Å². The first-order chi connectivity index (χ1) is 9.00. The summed E-state index contributed by atoms with van der Waals surface area (Å²) in [6.45, 7) is 9.84. The lowest BCUT2D eigenvalue weighted by Gasteiger charge is -2.27. The molecule has 0 radical (unpaired) electrons. The van der Waals surface area contributed by atoms with E-state index in [0.717, 1.165) is 48.4 Å². The summed E-state index contributed by atoms with van der Waals surface area (Å²) in [7, 11) is 0. The molecule has 1 saturated heterocycles. The first kappa shape index (κ1) is 14.0. The Morgan fingerprint density at radius 1 is 1.26 bits per heavy atom. The molecule has 104 valence electrons. The van der Waals surface area contributed by atoms with Crippen molar-refractivity contribution < 1.29 is 9.90 Å². The van der Waals surface area contributed by atoms with Crippen LogP contribution in [0, 0.1) is 20.8 Å². The van der Waals surface area contributed by atoms with Crippen LogP contribution in [0.2, 0.25) is 0 Å². The summed E-state index contributed by atoms with van der Waals surface area (Å²) >= 11 is 0. The second-order valence-electron chi connectivity index (χ2n) is 5.29. The van der Waals surface area contributed by atoms with E-state index in [1.807, 2.05) is 20.8 Å². The second-order valence-corrected chi connectivity index (χ2v) is 5.29. The van der Waals surface area contributed by atoms with Crippen molar-refractivity contribution in [2.24, 2.45) is 0 Å². The molecule has 0 aliphatic carbocycles. The fourth-order valence-corrected chi connectivity index (χ4v) is 2.64. The van der Waals surface area contributed by atoms with Crippen LogP contribution in [0.3, 0.4) is 0 Å². The Bertz CT molecular complexity index is 491. The van der Waals surface area contributed by atoms with Gasteiger partial charge in [-0.05, 0) is 43.5 Å². The number of carbonyl (C=O) groups excluding carboxylic acids is 1. The van der Waals surface area contributed by atoms with Gasteiger partial charge >= 0.3 is 0 Å². The Kier molecular flexibility index (Phi) is 4.22. The van der Waals surface area contributed by atoms with Crippen LogP contribution in [-0.4, -0.2) is 48.5 Å². The topological polar surface area (TPSA) is 52.6 Å². The van der Waals surface area contributed by atoms with Gasteiger partial charge in [-0.2, -0.15) is 0 Å². The zero-order valence-electron chi connectivity index (χ0n) is 11.9. The van der Waals surface area contributed by atoms with Crippen LogP contribution < -0.4 is 5.32 Å². The molecule has 4 heteroatoms. The van der Waals surface area contributed by atoms with E-state index >= 15 is 0 Å². The minimum Gasteiger partial charge on any atom is -0.508 e. The van der Waals surface area contributed by atoms with E-state index in [0.29, 0.717) is 6.54 Å². The number of ketones is 1. The van der Waals surface area contributed by atoms with Gasteiger partial charge in [0.05, 0.1) is 6.54 Å². The van der Waals surface area contributed by atoms with Crippen molar-refractivity contribution in [1.29, 1.82) is 0 Å². The average molecular weight is 262 g/mol. The van der Waals surface area contributed by atoms with E-state index < -0.39 is 0 Å². The van der Waals surface area contributed by atoms with Gasteiger partial charge in [0.2, 0.25) is 0 Å². The minimum absolute atomic E-state index is 0.153. The number of hydrogen-bond donors (Lipinski definition) is 2. The molecule has 1 aliphatic rings. The molecule has 1 aromatic carbocycles. The molecule has 0 bridgehead atoms. The van der Waals surface area contributed by atoms with Gasteiger partial charge in [0, 0.05) is 31.7 Å². The van der Waals surface area contributed by atoms with Crippen LogP contribution in [0.1, 0.15) is 27.0 Å². The monoisotopic (exact) mass is 262 g/mol. The first-order valence-electron chi connectivity index (χ1n) is 6.76. The van der Waals surface area contributed by atoms with Crippen LogP contribution in [0.25, 0.3) is 0 Å². The fraction of sp³-hybridized carbons (Fsp3) is 0.533. The van der Waals surface area contributed by atoms with E-state index in [4.69, 9.17) is 0 Å². The van der Waals surface area contributed by atoms with Crippen molar-refractivity contribution in [3.05, 3.63) is 28.3 Å². The summed E-state index contributed by atoms with van der Waals surface area (Å²) in [5.74, 6) is 0.425. The van der Waals surface area contributed by atoms with Gasteiger partial charge in [0.25, 0.3) is 0 Å². The predicted octanol–water partition coefficient (Wildman–Crippen LogP) is 1.41. The molecule has 1 aliphatic heterocycles. The normalized spacial score (nSPS) is 16.6. The van der Waals surface area contributed by atoms with E-state index in [9.17, 15) is 9.90 Å². The molecular weight excluding hydrogens is 240 g/mol. The molecule has 0 spiro atoms. The number of piperazine rings is 1. The smallest absolute Gasteiger partial charge is 0.177 e. The van der Waals surface area contributed by atoms with Gasteiger partial charge in [-0.3, -0.25) is 9.69 Å². The Morgan fingerprint density at radius 2 is 1.89 bits per heavy atom. The third-order valence-electron chi connectivity index (χ3n) is 3.92. The number of hydrogen-bond acceptors (Lipinski definition) is 4. The maximum absolute atomic E-state index is 12.5. The zero-order chi connectivity index (χ0) is 14.0. The Morgan fingerprint density at radius 3 is 2.53 bits per heavy atom. The number of carbonyl (C=O) groups is 1. The third-order valence-corrected chi connectivity index (χ3v) is 3.92. The first-order valence-corrected chi connectivity index (χ1v) is 6.76. The predicted molar refractivity (Wildman–Crippen MR) is 76.0 cm³/mol. The van der Waals surface area contributed by atoms with E-state index in [1.54, 1.807) is 6.07 Å². The van der Waals surface area contributed by atoms with E-state index in [2.05, 4.69) is 10.2 Å². The summed E-state index contributed by atoms with van der Waals surface area (Å²) in [5, 5.41) is 13.1. The zero-order valence-corrected chi connectivity index (χ0v) is 11.9. The Hall–Kier alpha value is -1.39. The van der Waals surface area contributed by atoms with E-state index in [-0.39, 0.29) is 11.5 Å². The van der Waals surface area contributed by atoms with Gasteiger partial charge in [-0.1, -0.05) is 0 Å². The van der Waals surface area contributed by atoms with Gasteiger partial charge < -0.3 is 10.4 Å². The summed E-state index contributed by atoms with van der Waals surface area (Å²) in [5.41, 5.74) is 3.33. The molecular formula is C15H22N2O2. The molecule has 0 amide bonds. The van der Waals surface area contributed by atoms with Crippen LogP contribution in [-0.2, 0) is 0 Å². The highest BCUT2D eigenvalue weighted by molar-refractivity contribution is 6.00. The number of benzene rings is 1. The van der Waals surface area contributed by atoms with Crippen molar-refractivity contribution in [3.8, 4) is 5.75 Å². The van der Waals surface area contributed by atoms with Crippen molar-refractivity contribution >= 4 is 5.78 Å². The highest BCUT2D eigenvalue weighted by atomic mass is 16.3. The number of nitrogens with zero attached hydrogens (tertiary/aromatic N) is 1. The molecule has 19 heavy (non-hydrogen) atoms. The summed E-state index contributed by atoms with van der Waals surface area (Å²) in [6.07, 6.45) is 0. The number of Topliss-reactive ketones (excluding diaryl/α,β-unsaturated/α-hetero) is 1. The summed E-state index contributed by atoms with van der Waals surface area (Å²) < 4.78 is 0. The number of rotatable bonds is 3. The van der Waals surface area contributed by atoms with Crippen molar-refractivity contribution in [3.63, 3.8) is 0 Å². The van der Waals surface area contributed by atoms with Crippen LogP contribution in [0.4, 0.5) is 0 Å². The second kappa shape index (κ2) is 5.72. The molecule has 2 rings (SSSR count).